The first-order valence-corrected chi connectivity index (χ1v) is 12.9. The average Bonchev–Trinajstić information content (AvgIpc) is 2.84. The molecule has 0 aromatic heterocycles. The molecule has 0 spiro atoms. The molecule has 1 aliphatic heterocycles. The topological polar surface area (TPSA) is 126 Å². The largest absolute Gasteiger partial charge is 0.476 e. The van der Waals surface area contributed by atoms with Crippen LogP contribution in [-0.4, -0.2) is 67.1 Å². The second-order valence-electron chi connectivity index (χ2n) is 8.33. The number of nitrogens with zero attached hydrogens (tertiary/aromatic N) is 1. The number of alkyl carbamates (subject to hydrolysis) is 1. The Kier molecular flexibility index (Phi) is 10.7. The van der Waals surface area contributed by atoms with Gasteiger partial charge in [-0.1, -0.05) is 41.9 Å². The minimum absolute atomic E-state index is 0.113. The molecule has 10 nitrogen and oxygen atoms in total. The predicted molar refractivity (Wildman–Crippen MR) is 141 cm³/mol. The van der Waals surface area contributed by atoms with Gasteiger partial charge >= 0.3 is 18.2 Å². The average molecular weight is 599 g/mol. The molecule has 2 aromatic carbocycles. The van der Waals surface area contributed by atoms with Crippen LogP contribution in [0.2, 0.25) is 5.02 Å². The summed E-state index contributed by atoms with van der Waals surface area (Å²) in [6, 6.07) is 12.6. The normalized spacial score (nSPS) is 13.8. The molecule has 1 atom stereocenters. The number of halogens is 2. The highest BCUT2D eigenvalue weighted by molar-refractivity contribution is 9.10. The molecule has 1 fully saturated rings. The number of nitrogens with one attached hydrogen (secondary N) is 2. The fourth-order valence-corrected chi connectivity index (χ4v) is 4.05. The highest BCUT2D eigenvalue weighted by Crippen LogP contribution is 2.36. The number of anilines is 1. The van der Waals surface area contributed by atoms with Gasteiger partial charge in [-0.05, 0) is 40.5 Å². The fraction of sp³-hybridized carbons (Fsp3) is 0.400. The summed E-state index contributed by atoms with van der Waals surface area (Å²) in [6.45, 7) is 3.46. The zero-order chi connectivity index (χ0) is 26.8. The number of likely N-dealkylation sites (tertiary alicyclic amines) is 1. The van der Waals surface area contributed by atoms with Crippen molar-refractivity contribution in [2.45, 2.75) is 26.1 Å². The second-order valence-corrected chi connectivity index (χ2v) is 9.59. The summed E-state index contributed by atoms with van der Waals surface area (Å²) < 4.78 is 17.0. The molecule has 3 rings (SSSR count). The van der Waals surface area contributed by atoms with E-state index in [1.165, 1.54) is 4.90 Å². The van der Waals surface area contributed by atoms with Gasteiger partial charge in [0.2, 0.25) is 0 Å². The molecule has 3 N–H and O–H groups in total. The van der Waals surface area contributed by atoms with Crippen LogP contribution in [0, 0.1) is 5.92 Å². The van der Waals surface area contributed by atoms with Gasteiger partial charge in [0.05, 0.1) is 17.3 Å². The van der Waals surface area contributed by atoms with E-state index < -0.39 is 24.3 Å². The Bertz CT molecular complexity index is 1080. The molecule has 1 aliphatic rings. The fourth-order valence-electron chi connectivity index (χ4n) is 3.57. The molecule has 2 amide bonds. The lowest BCUT2D eigenvalue weighted by atomic mass is 10.0. The second kappa shape index (κ2) is 13.9. The predicted octanol–water partition coefficient (Wildman–Crippen LogP) is 4.75. The molecule has 2 aromatic rings. The molecule has 0 aliphatic carbocycles. The van der Waals surface area contributed by atoms with Crippen molar-refractivity contribution in [2.75, 3.05) is 38.1 Å². The van der Waals surface area contributed by atoms with Crippen LogP contribution in [0.4, 0.5) is 15.3 Å². The third kappa shape index (κ3) is 8.71. The number of hydrogen-bond acceptors (Lipinski definition) is 7. The van der Waals surface area contributed by atoms with E-state index in [1.54, 1.807) is 19.1 Å². The SMILES string of the molecule is CCOC(=O)[C@@H](CCNC(=O)OCc1ccccc1)Oc1cc(Br)c(Cl)cc1NCC1CN(C(=O)O)C1. The smallest absolute Gasteiger partial charge is 0.407 e. The zero-order valence-corrected chi connectivity index (χ0v) is 22.6. The van der Waals surface area contributed by atoms with Gasteiger partial charge in [-0.3, -0.25) is 0 Å². The van der Waals surface area contributed by atoms with Gasteiger partial charge in [-0.2, -0.15) is 0 Å². The molecule has 0 radical (unpaired) electrons. The van der Waals surface area contributed by atoms with E-state index >= 15 is 0 Å². The van der Waals surface area contributed by atoms with Crippen molar-refractivity contribution in [2.24, 2.45) is 5.92 Å². The lowest BCUT2D eigenvalue weighted by Crippen LogP contribution is -2.51. The Morgan fingerprint density at radius 3 is 2.59 bits per heavy atom. The maximum absolute atomic E-state index is 12.6. The molecule has 37 heavy (non-hydrogen) atoms. The van der Waals surface area contributed by atoms with Crippen molar-refractivity contribution < 1.29 is 33.7 Å². The third-order valence-electron chi connectivity index (χ3n) is 5.54. The van der Waals surface area contributed by atoms with Gasteiger partial charge in [0.15, 0.2) is 6.10 Å². The van der Waals surface area contributed by atoms with E-state index in [-0.39, 0.29) is 32.1 Å². The van der Waals surface area contributed by atoms with E-state index in [0.29, 0.717) is 40.6 Å². The number of ether oxygens (including phenoxy) is 3. The van der Waals surface area contributed by atoms with Gasteiger partial charge in [0, 0.05) is 43.0 Å². The number of carbonyl (C=O) groups is 3. The van der Waals surface area contributed by atoms with Crippen LogP contribution >= 0.6 is 27.5 Å². The molecule has 1 saturated heterocycles. The van der Waals surface area contributed by atoms with Crippen LogP contribution in [0.1, 0.15) is 18.9 Å². The number of benzene rings is 2. The third-order valence-corrected chi connectivity index (χ3v) is 6.74. The van der Waals surface area contributed by atoms with Gasteiger partial charge in [0.25, 0.3) is 0 Å². The summed E-state index contributed by atoms with van der Waals surface area (Å²) in [5.41, 5.74) is 1.41. The number of hydrogen-bond donors (Lipinski definition) is 3. The van der Waals surface area contributed by atoms with E-state index in [9.17, 15) is 14.4 Å². The maximum atomic E-state index is 12.6. The van der Waals surface area contributed by atoms with E-state index in [4.69, 9.17) is 30.9 Å². The van der Waals surface area contributed by atoms with Crippen molar-refractivity contribution >= 4 is 51.4 Å². The first-order chi connectivity index (χ1) is 17.8. The molecular formula is C25H29BrClN3O7. The lowest BCUT2D eigenvalue weighted by molar-refractivity contribution is -0.151. The Labute approximate surface area is 228 Å². The summed E-state index contributed by atoms with van der Waals surface area (Å²) in [7, 11) is 0. The van der Waals surface area contributed by atoms with Crippen LogP contribution in [0.25, 0.3) is 0 Å². The van der Waals surface area contributed by atoms with Gasteiger partial charge in [-0.15, -0.1) is 0 Å². The highest BCUT2D eigenvalue weighted by Gasteiger charge is 2.30. The molecular weight excluding hydrogens is 570 g/mol. The molecule has 0 unspecified atom stereocenters. The zero-order valence-electron chi connectivity index (χ0n) is 20.2. The van der Waals surface area contributed by atoms with Crippen molar-refractivity contribution in [3.63, 3.8) is 0 Å². The summed E-state index contributed by atoms with van der Waals surface area (Å²) >= 11 is 9.65. The van der Waals surface area contributed by atoms with E-state index in [2.05, 4.69) is 26.6 Å². The highest BCUT2D eigenvalue weighted by atomic mass is 79.9. The summed E-state index contributed by atoms with van der Waals surface area (Å²) in [5.74, 6) is -0.0798. The van der Waals surface area contributed by atoms with Crippen LogP contribution in [0.5, 0.6) is 5.75 Å². The molecule has 0 bridgehead atoms. The van der Waals surface area contributed by atoms with Crippen LogP contribution in [0.3, 0.4) is 0 Å². The van der Waals surface area contributed by atoms with Crippen molar-refractivity contribution in [1.82, 2.24) is 10.2 Å². The Morgan fingerprint density at radius 2 is 1.92 bits per heavy atom. The summed E-state index contributed by atoms with van der Waals surface area (Å²) in [4.78, 5) is 37.0. The number of carboxylic acid groups (broad SMARTS) is 1. The minimum atomic E-state index is -1.01. The number of esters is 1. The number of carbonyl (C=O) groups excluding carboxylic acids is 2. The summed E-state index contributed by atoms with van der Waals surface area (Å²) in [6.07, 6.45) is -2.43. The molecule has 200 valence electrons. The first-order valence-electron chi connectivity index (χ1n) is 11.8. The van der Waals surface area contributed by atoms with Crippen molar-refractivity contribution in [3.05, 3.63) is 57.5 Å². The Hall–Kier alpha value is -3.18. The number of amides is 2. The summed E-state index contributed by atoms with van der Waals surface area (Å²) in [5, 5.41) is 15.3. The Balaban J connectivity index is 1.59. The lowest BCUT2D eigenvalue weighted by Gasteiger charge is -2.37. The monoisotopic (exact) mass is 597 g/mol. The molecule has 12 heteroatoms. The standard InChI is InChI=1S/C25H29BrClN3O7/c1-2-35-23(31)21(8-9-28-24(32)36-15-16-6-4-3-5-7-16)37-22-10-18(26)19(27)11-20(22)29-12-17-13-30(14-17)25(33)34/h3-7,10-11,17,21,29H,2,8-9,12-15H2,1H3,(H,28,32)(H,33,34)/t21-/m1/s1. The molecule has 1 heterocycles. The van der Waals surface area contributed by atoms with Crippen molar-refractivity contribution in [3.8, 4) is 5.75 Å². The van der Waals surface area contributed by atoms with Gasteiger partial charge in [-0.25, -0.2) is 14.4 Å². The van der Waals surface area contributed by atoms with Crippen LogP contribution in [0.15, 0.2) is 46.9 Å². The van der Waals surface area contributed by atoms with Gasteiger partial charge < -0.3 is 34.9 Å². The molecule has 0 saturated carbocycles. The quantitative estimate of drug-likeness (QED) is 0.299. The van der Waals surface area contributed by atoms with E-state index in [1.807, 2.05) is 30.3 Å². The number of rotatable bonds is 12. The maximum Gasteiger partial charge on any atom is 0.407 e. The van der Waals surface area contributed by atoms with Crippen molar-refractivity contribution in [1.29, 1.82) is 0 Å². The minimum Gasteiger partial charge on any atom is -0.476 e. The van der Waals surface area contributed by atoms with Gasteiger partial charge in [0.1, 0.15) is 12.4 Å². The first kappa shape index (κ1) is 28.4. The van der Waals surface area contributed by atoms with Crippen LogP contribution < -0.4 is 15.4 Å². The Morgan fingerprint density at radius 1 is 1.19 bits per heavy atom. The van der Waals surface area contributed by atoms with E-state index in [0.717, 1.165) is 5.56 Å². The van der Waals surface area contributed by atoms with Crippen LogP contribution in [-0.2, 0) is 20.9 Å².